The highest BCUT2D eigenvalue weighted by atomic mass is 15.3. The van der Waals surface area contributed by atoms with Gasteiger partial charge in [0.25, 0.3) is 0 Å². The standard InChI is InChI=1S/C14H22N4/c1-10-9-16-14(17-13(10)11-5-6-11)18-7-3-2-4-12(18)8-15/h9,11-12H,2-8,15H2,1H3. The Kier molecular flexibility index (Phi) is 3.20. The van der Waals surface area contributed by atoms with Crippen LogP contribution in [0.5, 0.6) is 0 Å². The molecular weight excluding hydrogens is 224 g/mol. The molecule has 2 aliphatic rings. The number of hydrogen-bond acceptors (Lipinski definition) is 4. The number of nitrogens with zero attached hydrogens (tertiary/aromatic N) is 3. The number of anilines is 1. The third-order valence-corrected chi connectivity index (χ3v) is 4.12. The van der Waals surface area contributed by atoms with Gasteiger partial charge in [-0.05, 0) is 44.6 Å². The first-order valence-electron chi connectivity index (χ1n) is 7.10. The van der Waals surface area contributed by atoms with Crippen molar-refractivity contribution >= 4 is 5.95 Å². The molecule has 0 spiro atoms. The molecule has 2 heterocycles. The van der Waals surface area contributed by atoms with E-state index >= 15 is 0 Å². The van der Waals surface area contributed by atoms with E-state index in [1.54, 1.807) is 0 Å². The number of hydrogen-bond donors (Lipinski definition) is 1. The van der Waals surface area contributed by atoms with E-state index in [4.69, 9.17) is 10.7 Å². The Morgan fingerprint density at radius 2 is 2.17 bits per heavy atom. The molecule has 2 N–H and O–H groups in total. The quantitative estimate of drug-likeness (QED) is 0.886. The Bertz CT molecular complexity index is 428. The lowest BCUT2D eigenvalue weighted by Crippen LogP contribution is -2.45. The molecule has 1 saturated heterocycles. The van der Waals surface area contributed by atoms with Crippen LogP contribution >= 0.6 is 0 Å². The second kappa shape index (κ2) is 4.84. The summed E-state index contributed by atoms with van der Waals surface area (Å²) in [7, 11) is 0. The van der Waals surface area contributed by atoms with Crippen LogP contribution in [0.3, 0.4) is 0 Å². The Morgan fingerprint density at radius 1 is 1.33 bits per heavy atom. The fourth-order valence-corrected chi connectivity index (χ4v) is 2.86. The minimum absolute atomic E-state index is 0.425. The summed E-state index contributed by atoms with van der Waals surface area (Å²) < 4.78 is 0. The van der Waals surface area contributed by atoms with Crippen molar-refractivity contribution in [1.29, 1.82) is 0 Å². The molecule has 0 bridgehead atoms. The van der Waals surface area contributed by atoms with Gasteiger partial charge in [0, 0.05) is 31.2 Å². The average Bonchev–Trinajstić information content (AvgIpc) is 3.24. The molecule has 0 aromatic carbocycles. The van der Waals surface area contributed by atoms with Gasteiger partial charge in [0.2, 0.25) is 5.95 Å². The van der Waals surface area contributed by atoms with E-state index in [1.807, 2.05) is 6.20 Å². The van der Waals surface area contributed by atoms with Crippen LogP contribution in [0.4, 0.5) is 5.95 Å². The number of aryl methyl sites for hydroxylation is 1. The van der Waals surface area contributed by atoms with Crippen molar-refractivity contribution < 1.29 is 0 Å². The molecule has 1 aromatic heterocycles. The number of piperidine rings is 1. The molecule has 1 saturated carbocycles. The molecule has 1 unspecified atom stereocenters. The second-order valence-corrected chi connectivity index (χ2v) is 5.59. The lowest BCUT2D eigenvalue weighted by molar-refractivity contribution is 0.457. The topological polar surface area (TPSA) is 55.0 Å². The highest BCUT2D eigenvalue weighted by Gasteiger charge is 2.29. The monoisotopic (exact) mass is 246 g/mol. The number of nitrogens with two attached hydrogens (primary N) is 1. The summed E-state index contributed by atoms with van der Waals surface area (Å²) in [5.74, 6) is 1.59. The SMILES string of the molecule is Cc1cnc(N2CCCCC2CN)nc1C1CC1. The predicted molar refractivity (Wildman–Crippen MR) is 72.8 cm³/mol. The molecule has 1 aromatic rings. The van der Waals surface area contributed by atoms with Gasteiger partial charge in [-0.15, -0.1) is 0 Å². The fourth-order valence-electron chi connectivity index (χ4n) is 2.86. The van der Waals surface area contributed by atoms with Crippen molar-refractivity contribution in [3.8, 4) is 0 Å². The van der Waals surface area contributed by atoms with Gasteiger partial charge >= 0.3 is 0 Å². The first kappa shape index (κ1) is 11.9. The van der Waals surface area contributed by atoms with Gasteiger partial charge in [0.05, 0.1) is 5.69 Å². The van der Waals surface area contributed by atoms with Crippen LogP contribution in [0.25, 0.3) is 0 Å². The van der Waals surface area contributed by atoms with Gasteiger partial charge in [0.1, 0.15) is 0 Å². The third kappa shape index (κ3) is 2.21. The van der Waals surface area contributed by atoms with Crippen LogP contribution in [0, 0.1) is 6.92 Å². The largest absolute Gasteiger partial charge is 0.337 e. The molecule has 0 radical (unpaired) electrons. The molecular formula is C14H22N4. The Hall–Kier alpha value is -1.16. The predicted octanol–water partition coefficient (Wildman–Crippen LogP) is 1.98. The zero-order valence-electron chi connectivity index (χ0n) is 11.1. The maximum Gasteiger partial charge on any atom is 0.225 e. The van der Waals surface area contributed by atoms with Gasteiger partial charge < -0.3 is 10.6 Å². The van der Waals surface area contributed by atoms with Crippen molar-refractivity contribution in [2.75, 3.05) is 18.0 Å². The smallest absolute Gasteiger partial charge is 0.225 e. The summed E-state index contributed by atoms with van der Waals surface area (Å²) in [4.78, 5) is 11.7. The van der Waals surface area contributed by atoms with Gasteiger partial charge in [0.15, 0.2) is 0 Å². The molecule has 3 rings (SSSR count). The van der Waals surface area contributed by atoms with E-state index in [1.165, 1.54) is 43.4 Å². The first-order valence-corrected chi connectivity index (χ1v) is 7.10. The van der Waals surface area contributed by atoms with E-state index in [9.17, 15) is 0 Å². The van der Waals surface area contributed by atoms with Crippen LogP contribution in [-0.2, 0) is 0 Å². The normalized spacial score (nSPS) is 24.3. The molecule has 4 nitrogen and oxygen atoms in total. The molecule has 4 heteroatoms. The maximum atomic E-state index is 5.87. The van der Waals surface area contributed by atoms with Crippen molar-refractivity contribution in [3.05, 3.63) is 17.5 Å². The van der Waals surface area contributed by atoms with E-state index in [2.05, 4.69) is 16.8 Å². The Morgan fingerprint density at radius 3 is 2.89 bits per heavy atom. The van der Waals surface area contributed by atoms with Gasteiger partial charge in [-0.2, -0.15) is 0 Å². The van der Waals surface area contributed by atoms with E-state index in [0.29, 0.717) is 18.5 Å². The second-order valence-electron chi connectivity index (χ2n) is 5.59. The van der Waals surface area contributed by atoms with E-state index in [-0.39, 0.29) is 0 Å². The van der Waals surface area contributed by atoms with Crippen LogP contribution in [0.1, 0.15) is 49.3 Å². The third-order valence-electron chi connectivity index (χ3n) is 4.12. The summed E-state index contributed by atoms with van der Waals surface area (Å²) in [6, 6.07) is 0.425. The van der Waals surface area contributed by atoms with Crippen molar-refractivity contribution in [2.45, 2.75) is 51.0 Å². The lowest BCUT2D eigenvalue weighted by Gasteiger charge is -2.35. The summed E-state index contributed by atoms with van der Waals surface area (Å²) >= 11 is 0. The Labute approximate surface area is 109 Å². The number of rotatable bonds is 3. The summed E-state index contributed by atoms with van der Waals surface area (Å²) in [5, 5.41) is 0. The molecule has 98 valence electrons. The molecule has 2 fully saturated rings. The maximum absolute atomic E-state index is 5.87. The van der Waals surface area contributed by atoms with E-state index in [0.717, 1.165) is 12.5 Å². The summed E-state index contributed by atoms with van der Waals surface area (Å²) in [6.45, 7) is 3.87. The van der Waals surface area contributed by atoms with Crippen LogP contribution in [0.2, 0.25) is 0 Å². The lowest BCUT2D eigenvalue weighted by atomic mass is 10.0. The van der Waals surface area contributed by atoms with Crippen molar-refractivity contribution in [1.82, 2.24) is 9.97 Å². The van der Waals surface area contributed by atoms with Gasteiger partial charge in [-0.1, -0.05) is 0 Å². The van der Waals surface area contributed by atoms with Gasteiger partial charge in [-0.25, -0.2) is 9.97 Å². The molecule has 18 heavy (non-hydrogen) atoms. The van der Waals surface area contributed by atoms with E-state index < -0.39 is 0 Å². The highest BCUT2D eigenvalue weighted by molar-refractivity contribution is 5.37. The molecule has 1 atom stereocenters. The van der Waals surface area contributed by atoms with Crippen LogP contribution < -0.4 is 10.6 Å². The summed E-state index contributed by atoms with van der Waals surface area (Å²) in [5.41, 5.74) is 8.38. The van der Waals surface area contributed by atoms with Gasteiger partial charge in [-0.3, -0.25) is 0 Å². The highest BCUT2D eigenvalue weighted by Crippen LogP contribution is 2.40. The average molecular weight is 246 g/mol. The minimum Gasteiger partial charge on any atom is -0.337 e. The van der Waals surface area contributed by atoms with Crippen LogP contribution in [-0.4, -0.2) is 29.1 Å². The molecule has 1 aliphatic carbocycles. The number of aromatic nitrogens is 2. The Balaban J connectivity index is 1.88. The van der Waals surface area contributed by atoms with Crippen LogP contribution in [0.15, 0.2) is 6.20 Å². The molecule has 0 amide bonds. The minimum atomic E-state index is 0.425. The zero-order chi connectivity index (χ0) is 12.5. The summed E-state index contributed by atoms with van der Waals surface area (Å²) in [6.07, 6.45) is 8.24. The zero-order valence-corrected chi connectivity index (χ0v) is 11.1. The van der Waals surface area contributed by atoms with Crippen molar-refractivity contribution in [3.63, 3.8) is 0 Å². The fraction of sp³-hybridized carbons (Fsp3) is 0.714. The molecule has 1 aliphatic heterocycles. The first-order chi connectivity index (χ1) is 8.79. The van der Waals surface area contributed by atoms with Crippen molar-refractivity contribution in [2.24, 2.45) is 5.73 Å².